The first-order valence-electron chi connectivity index (χ1n) is 19.4. The Balaban J connectivity index is 1.13. The molecule has 1 heterocycles. The van der Waals surface area contributed by atoms with Crippen molar-refractivity contribution in [1.29, 1.82) is 0 Å². The van der Waals surface area contributed by atoms with Crippen LogP contribution in [0.4, 0.5) is 0 Å². The minimum atomic E-state index is -0.568. The SMILES string of the molecule is c1ccc(C2(c3ccccc3)c3cc(-c4ccc5c(c4)-c4cccc6cccc(c46)O5)ccc3-c3ccc4c(-c5cccc6ccccc56)cccc4c32)cc1. The van der Waals surface area contributed by atoms with Gasteiger partial charge in [-0.25, -0.2) is 0 Å². The summed E-state index contributed by atoms with van der Waals surface area (Å²) in [5, 5.41) is 7.42. The number of hydrogen-bond donors (Lipinski definition) is 0. The van der Waals surface area contributed by atoms with E-state index in [2.05, 4.69) is 206 Å². The second-order valence-corrected chi connectivity index (χ2v) is 15.1. The lowest BCUT2D eigenvalue weighted by Crippen LogP contribution is -2.29. The van der Waals surface area contributed by atoms with Crippen LogP contribution in [0.2, 0.25) is 0 Å². The fraction of sp³-hybridized carbons (Fsp3) is 0.0182. The molecule has 12 rings (SSSR count). The molecule has 2 aliphatic rings. The molecule has 0 N–H and O–H groups in total. The maximum atomic E-state index is 6.51. The molecule has 0 spiro atoms. The summed E-state index contributed by atoms with van der Waals surface area (Å²) in [6.07, 6.45) is 0. The van der Waals surface area contributed by atoms with Crippen LogP contribution >= 0.6 is 0 Å². The lowest BCUT2D eigenvalue weighted by Gasteiger charge is -2.35. The maximum Gasteiger partial charge on any atom is 0.135 e. The summed E-state index contributed by atoms with van der Waals surface area (Å²) in [7, 11) is 0. The van der Waals surface area contributed by atoms with E-state index in [-0.39, 0.29) is 0 Å². The maximum absolute atomic E-state index is 6.51. The first kappa shape index (κ1) is 31.2. The second kappa shape index (κ2) is 11.9. The third-order valence-electron chi connectivity index (χ3n) is 12.3. The Morgan fingerprint density at radius 3 is 1.71 bits per heavy atom. The van der Waals surface area contributed by atoms with Crippen molar-refractivity contribution in [3.63, 3.8) is 0 Å². The van der Waals surface area contributed by atoms with E-state index in [0.717, 1.165) is 17.1 Å². The highest BCUT2D eigenvalue weighted by Crippen LogP contribution is 2.59. The number of ether oxygens (including phenoxy) is 1. The highest BCUT2D eigenvalue weighted by atomic mass is 16.5. The van der Waals surface area contributed by atoms with Crippen molar-refractivity contribution in [1.82, 2.24) is 0 Å². The van der Waals surface area contributed by atoms with Gasteiger partial charge in [-0.3, -0.25) is 0 Å². The molecule has 0 saturated heterocycles. The van der Waals surface area contributed by atoms with E-state index < -0.39 is 5.41 Å². The minimum absolute atomic E-state index is 0.568. The first-order chi connectivity index (χ1) is 27.8. The topological polar surface area (TPSA) is 9.23 Å². The lowest BCUT2D eigenvalue weighted by molar-refractivity contribution is 0.487. The molecule has 1 nitrogen and oxygen atoms in total. The quantitative estimate of drug-likeness (QED) is 0.177. The molecule has 1 aliphatic heterocycles. The molecule has 0 saturated carbocycles. The molecule has 0 amide bonds. The van der Waals surface area contributed by atoms with Crippen LogP contribution in [0.1, 0.15) is 22.3 Å². The van der Waals surface area contributed by atoms with Crippen molar-refractivity contribution in [2.75, 3.05) is 0 Å². The van der Waals surface area contributed by atoms with E-state index in [1.807, 2.05) is 0 Å². The van der Waals surface area contributed by atoms with Crippen LogP contribution in [0.3, 0.4) is 0 Å². The average Bonchev–Trinajstić information content (AvgIpc) is 3.57. The number of fused-ring (bicyclic) bond motifs is 8. The Morgan fingerprint density at radius 1 is 0.321 bits per heavy atom. The van der Waals surface area contributed by atoms with Crippen LogP contribution in [0.15, 0.2) is 206 Å². The van der Waals surface area contributed by atoms with Crippen LogP contribution < -0.4 is 4.74 Å². The summed E-state index contributed by atoms with van der Waals surface area (Å²) in [5.74, 6) is 1.81. The van der Waals surface area contributed by atoms with Gasteiger partial charge in [0.2, 0.25) is 0 Å². The number of hydrogen-bond acceptors (Lipinski definition) is 1. The van der Waals surface area contributed by atoms with Gasteiger partial charge in [0.1, 0.15) is 11.5 Å². The van der Waals surface area contributed by atoms with Gasteiger partial charge in [-0.05, 0) is 112 Å². The van der Waals surface area contributed by atoms with Gasteiger partial charge in [0.25, 0.3) is 0 Å². The van der Waals surface area contributed by atoms with E-state index in [0.29, 0.717) is 0 Å². The average molecular weight is 711 g/mol. The lowest BCUT2D eigenvalue weighted by atomic mass is 9.66. The van der Waals surface area contributed by atoms with Gasteiger partial charge >= 0.3 is 0 Å². The minimum Gasteiger partial charge on any atom is -0.456 e. The molecule has 0 aromatic heterocycles. The number of benzene rings is 10. The molecule has 1 aliphatic carbocycles. The van der Waals surface area contributed by atoms with Crippen LogP contribution in [-0.2, 0) is 5.41 Å². The van der Waals surface area contributed by atoms with Crippen LogP contribution in [0.25, 0.3) is 76.8 Å². The number of rotatable bonds is 4. The normalized spacial score (nSPS) is 13.3. The largest absolute Gasteiger partial charge is 0.456 e. The molecule has 0 atom stereocenters. The Morgan fingerprint density at radius 2 is 0.911 bits per heavy atom. The molecule has 0 radical (unpaired) electrons. The highest BCUT2D eigenvalue weighted by Gasteiger charge is 2.47. The molecule has 0 fully saturated rings. The van der Waals surface area contributed by atoms with Gasteiger partial charge < -0.3 is 4.74 Å². The summed E-state index contributed by atoms with van der Waals surface area (Å²) in [6.45, 7) is 0. The smallest absolute Gasteiger partial charge is 0.135 e. The van der Waals surface area contributed by atoms with Gasteiger partial charge in [0, 0.05) is 10.9 Å². The second-order valence-electron chi connectivity index (χ2n) is 15.1. The Kier molecular flexibility index (Phi) is 6.62. The van der Waals surface area contributed by atoms with Crippen LogP contribution in [-0.4, -0.2) is 0 Å². The van der Waals surface area contributed by atoms with E-state index >= 15 is 0 Å². The van der Waals surface area contributed by atoms with Gasteiger partial charge in [0.05, 0.1) is 5.41 Å². The fourth-order valence-corrected chi connectivity index (χ4v) is 9.97. The molecule has 0 unspecified atom stereocenters. The zero-order valence-corrected chi connectivity index (χ0v) is 30.5. The Hall–Kier alpha value is -7.22. The highest BCUT2D eigenvalue weighted by molar-refractivity contribution is 6.10. The van der Waals surface area contributed by atoms with Crippen molar-refractivity contribution < 1.29 is 4.74 Å². The standard InChI is InChI=1S/C55H34O/c1-3-17-39(18-4-1)55(40-19-5-2-6-20-40)50-34-38(37-28-32-51-49(33-37)46-24-10-15-36-16-11-26-52(56-51)53(36)46)27-29-45(50)48-31-30-44-43(23-12-25-47(44)54(48)55)42-22-9-14-35-13-7-8-21-41(35)42/h1-34H. The summed E-state index contributed by atoms with van der Waals surface area (Å²) in [4.78, 5) is 0. The predicted octanol–water partition coefficient (Wildman–Crippen LogP) is 14.6. The van der Waals surface area contributed by atoms with Crippen molar-refractivity contribution in [3.05, 3.63) is 229 Å². The zero-order chi connectivity index (χ0) is 36.8. The predicted molar refractivity (Wildman–Crippen MR) is 233 cm³/mol. The summed E-state index contributed by atoms with van der Waals surface area (Å²) < 4.78 is 6.51. The molecule has 1 heteroatoms. The molecule has 260 valence electrons. The molecule has 10 aromatic carbocycles. The van der Waals surface area contributed by atoms with Crippen molar-refractivity contribution in [3.8, 4) is 56.0 Å². The third-order valence-corrected chi connectivity index (χ3v) is 12.3. The summed E-state index contributed by atoms with van der Waals surface area (Å²) in [6, 6.07) is 76.0. The van der Waals surface area contributed by atoms with Crippen LogP contribution in [0.5, 0.6) is 11.5 Å². The molecule has 56 heavy (non-hydrogen) atoms. The summed E-state index contributed by atoms with van der Waals surface area (Å²) in [5.41, 5.74) is 14.3. The molecular formula is C55H34O. The Labute approximate surface area is 325 Å². The van der Waals surface area contributed by atoms with Crippen molar-refractivity contribution in [2.45, 2.75) is 5.41 Å². The van der Waals surface area contributed by atoms with E-state index in [9.17, 15) is 0 Å². The van der Waals surface area contributed by atoms with E-state index in [1.165, 1.54) is 93.5 Å². The first-order valence-corrected chi connectivity index (χ1v) is 19.4. The Bertz CT molecular complexity index is 3160. The van der Waals surface area contributed by atoms with Gasteiger partial charge in [-0.2, -0.15) is 0 Å². The molecular weight excluding hydrogens is 677 g/mol. The zero-order valence-electron chi connectivity index (χ0n) is 30.5. The summed E-state index contributed by atoms with van der Waals surface area (Å²) >= 11 is 0. The van der Waals surface area contributed by atoms with Gasteiger partial charge in [0.15, 0.2) is 0 Å². The fourth-order valence-electron chi connectivity index (χ4n) is 9.97. The van der Waals surface area contributed by atoms with Gasteiger partial charge in [-0.1, -0.05) is 182 Å². The van der Waals surface area contributed by atoms with Crippen molar-refractivity contribution in [2.24, 2.45) is 0 Å². The van der Waals surface area contributed by atoms with Crippen molar-refractivity contribution >= 4 is 32.3 Å². The van der Waals surface area contributed by atoms with Crippen LogP contribution in [0, 0.1) is 0 Å². The molecule has 10 aromatic rings. The molecule has 0 bridgehead atoms. The third kappa shape index (κ3) is 4.31. The van der Waals surface area contributed by atoms with E-state index in [1.54, 1.807) is 0 Å². The monoisotopic (exact) mass is 710 g/mol. The van der Waals surface area contributed by atoms with Gasteiger partial charge in [-0.15, -0.1) is 0 Å². The van der Waals surface area contributed by atoms with E-state index in [4.69, 9.17) is 4.74 Å².